The van der Waals surface area contributed by atoms with Gasteiger partial charge in [0.25, 0.3) is 0 Å². The van der Waals surface area contributed by atoms with E-state index >= 15 is 0 Å². The van der Waals surface area contributed by atoms with E-state index in [2.05, 4.69) is 0 Å². The lowest BCUT2D eigenvalue weighted by Crippen LogP contribution is -2.29. The van der Waals surface area contributed by atoms with Crippen molar-refractivity contribution in [2.24, 2.45) is 0 Å². The van der Waals surface area contributed by atoms with E-state index in [1.165, 1.54) is 0 Å². The zero-order chi connectivity index (χ0) is 13.6. The number of hydrogen-bond donors (Lipinski definition) is 1. The van der Waals surface area contributed by atoms with Gasteiger partial charge in [0, 0.05) is 6.42 Å². The van der Waals surface area contributed by atoms with Crippen LogP contribution in [0.3, 0.4) is 0 Å². The number of aldehydes is 1. The highest BCUT2D eigenvalue weighted by Crippen LogP contribution is 2.18. The van der Waals surface area contributed by atoms with Crippen LogP contribution in [0.1, 0.15) is 32.3 Å². The minimum absolute atomic E-state index is 0.177. The van der Waals surface area contributed by atoms with E-state index in [-0.39, 0.29) is 6.42 Å². The summed E-state index contributed by atoms with van der Waals surface area (Å²) in [4.78, 5) is 21.1. The number of carbonyl (C=O) groups is 2. The maximum atomic E-state index is 10.7. The Morgan fingerprint density at radius 1 is 1.33 bits per heavy atom. The topological polar surface area (TPSA) is 63.6 Å². The molecule has 4 heteroatoms. The Morgan fingerprint density at radius 2 is 1.94 bits per heavy atom. The Kier molecular flexibility index (Phi) is 4.89. The van der Waals surface area contributed by atoms with E-state index in [1.807, 2.05) is 12.1 Å². The first kappa shape index (κ1) is 14.2. The fourth-order valence-corrected chi connectivity index (χ4v) is 1.50. The standard InChI is InChI=1S/C14H18O4/c1-14(2,10-15)18-12-8-6-11(7-9-12)4-3-5-13(16)17/h6-10H,3-5H2,1-2H3,(H,16,17). The second kappa shape index (κ2) is 6.19. The molecule has 1 rings (SSSR count). The molecule has 0 amide bonds. The summed E-state index contributed by atoms with van der Waals surface area (Å²) in [6.07, 6.45) is 2.28. The van der Waals surface area contributed by atoms with Crippen LogP contribution in [0.4, 0.5) is 0 Å². The quantitative estimate of drug-likeness (QED) is 0.755. The van der Waals surface area contributed by atoms with Crippen molar-refractivity contribution in [1.82, 2.24) is 0 Å². The largest absolute Gasteiger partial charge is 0.481 e. The summed E-state index contributed by atoms with van der Waals surface area (Å²) in [6, 6.07) is 7.36. The third-order valence-electron chi connectivity index (χ3n) is 2.44. The van der Waals surface area contributed by atoms with Crippen molar-refractivity contribution in [1.29, 1.82) is 0 Å². The number of aryl methyl sites for hydroxylation is 1. The van der Waals surface area contributed by atoms with E-state index in [1.54, 1.807) is 26.0 Å². The molecule has 18 heavy (non-hydrogen) atoms. The van der Waals surface area contributed by atoms with Crippen LogP contribution in [0.2, 0.25) is 0 Å². The predicted octanol–water partition coefficient (Wildman–Crippen LogP) is 2.45. The van der Waals surface area contributed by atoms with Crippen molar-refractivity contribution in [2.45, 2.75) is 38.7 Å². The molecule has 0 fully saturated rings. The number of carboxylic acids is 1. The zero-order valence-corrected chi connectivity index (χ0v) is 10.7. The van der Waals surface area contributed by atoms with E-state index in [0.717, 1.165) is 18.3 Å². The van der Waals surface area contributed by atoms with Crippen molar-refractivity contribution in [2.75, 3.05) is 0 Å². The molecular weight excluding hydrogens is 232 g/mol. The number of rotatable bonds is 7. The molecule has 0 bridgehead atoms. The van der Waals surface area contributed by atoms with Gasteiger partial charge in [-0.1, -0.05) is 12.1 Å². The fourth-order valence-electron chi connectivity index (χ4n) is 1.50. The average molecular weight is 250 g/mol. The normalized spacial score (nSPS) is 11.0. The molecule has 98 valence electrons. The first-order chi connectivity index (χ1) is 8.43. The van der Waals surface area contributed by atoms with E-state index in [4.69, 9.17) is 9.84 Å². The van der Waals surface area contributed by atoms with Gasteiger partial charge < -0.3 is 9.84 Å². The molecule has 0 saturated carbocycles. The number of carbonyl (C=O) groups excluding carboxylic acids is 1. The lowest BCUT2D eigenvalue weighted by molar-refractivity contribution is -0.137. The third-order valence-corrected chi connectivity index (χ3v) is 2.44. The summed E-state index contributed by atoms with van der Waals surface area (Å²) in [6.45, 7) is 3.39. The summed E-state index contributed by atoms with van der Waals surface area (Å²) in [5, 5.41) is 8.54. The van der Waals surface area contributed by atoms with Crippen LogP contribution in [0.25, 0.3) is 0 Å². The van der Waals surface area contributed by atoms with Gasteiger partial charge in [-0.25, -0.2) is 0 Å². The van der Waals surface area contributed by atoms with Crippen LogP contribution in [-0.2, 0) is 16.0 Å². The van der Waals surface area contributed by atoms with Gasteiger partial charge in [0.15, 0.2) is 11.9 Å². The van der Waals surface area contributed by atoms with Crippen molar-refractivity contribution < 1.29 is 19.4 Å². The van der Waals surface area contributed by atoms with Crippen molar-refractivity contribution in [3.8, 4) is 5.75 Å². The number of ether oxygens (including phenoxy) is 1. The lowest BCUT2D eigenvalue weighted by atomic mass is 10.1. The lowest BCUT2D eigenvalue weighted by Gasteiger charge is -2.19. The Morgan fingerprint density at radius 3 is 2.44 bits per heavy atom. The van der Waals surface area contributed by atoms with E-state index in [0.29, 0.717) is 12.2 Å². The summed E-state index contributed by atoms with van der Waals surface area (Å²) < 4.78 is 5.49. The SMILES string of the molecule is CC(C)(C=O)Oc1ccc(CCCC(=O)O)cc1. The smallest absolute Gasteiger partial charge is 0.303 e. The van der Waals surface area contributed by atoms with Gasteiger partial charge >= 0.3 is 5.97 Å². The van der Waals surface area contributed by atoms with Gasteiger partial charge in [-0.05, 0) is 44.4 Å². The Labute approximate surface area is 107 Å². The second-order valence-electron chi connectivity index (χ2n) is 4.71. The molecule has 0 heterocycles. The monoisotopic (exact) mass is 250 g/mol. The molecule has 0 unspecified atom stereocenters. The molecular formula is C14H18O4. The minimum Gasteiger partial charge on any atom is -0.481 e. The molecule has 1 aromatic carbocycles. The minimum atomic E-state index is -0.829. The second-order valence-corrected chi connectivity index (χ2v) is 4.71. The first-order valence-corrected chi connectivity index (χ1v) is 5.89. The van der Waals surface area contributed by atoms with E-state index in [9.17, 15) is 9.59 Å². The first-order valence-electron chi connectivity index (χ1n) is 5.89. The molecule has 4 nitrogen and oxygen atoms in total. The summed E-state index contributed by atoms with van der Waals surface area (Å²) in [7, 11) is 0. The number of aliphatic carboxylic acids is 1. The summed E-state index contributed by atoms with van der Waals surface area (Å²) in [5.74, 6) is -0.142. The molecule has 0 aromatic heterocycles. The summed E-state index contributed by atoms with van der Waals surface area (Å²) in [5.41, 5.74) is 0.234. The van der Waals surface area contributed by atoms with Crippen LogP contribution in [0, 0.1) is 0 Å². The maximum absolute atomic E-state index is 10.7. The molecule has 0 aliphatic heterocycles. The molecule has 0 aliphatic carbocycles. The molecule has 1 aromatic rings. The van der Waals surface area contributed by atoms with Gasteiger partial charge in [0.2, 0.25) is 0 Å². The molecule has 1 N–H and O–H groups in total. The maximum Gasteiger partial charge on any atom is 0.303 e. The van der Waals surface area contributed by atoms with Gasteiger partial charge in [-0.2, -0.15) is 0 Å². The highest BCUT2D eigenvalue weighted by atomic mass is 16.5. The van der Waals surface area contributed by atoms with Crippen LogP contribution in [0.15, 0.2) is 24.3 Å². The number of benzene rings is 1. The Balaban J connectivity index is 2.52. The number of carboxylic acid groups (broad SMARTS) is 1. The predicted molar refractivity (Wildman–Crippen MR) is 67.8 cm³/mol. The highest BCUT2D eigenvalue weighted by Gasteiger charge is 2.17. The van der Waals surface area contributed by atoms with Gasteiger partial charge in [0.1, 0.15) is 5.75 Å². The molecule has 0 aliphatic rings. The third kappa shape index (κ3) is 4.99. The summed E-state index contributed by atoms with van der Waals surface area (Å²) >= 11 is 0. The van der Waals surface area contributed by atoms with Crippen LogP contribution >= 0.6 is 0 Å². The van der Waals surface area contributed by atoms with E-state index < -0.39 is 11.6 Å². The highest BCUT2D eigenvalue weighted by molar-refractivity contribution is 5.66. The van der Waals surface area contributed by atoms with Gasteiger partial charge in [0.05, 0.1) is 0 Å². The van der Waals surface area contributed by atoms with Crippen LogP contribution in [0.5, 0.6) is 5.75 Å². The fraction of sp³-hybridized carbons (Fsp3) is 0.429. The average Bonchev–Trinajstić information content (AvgIpc) is 2.31. The number of hydrogen-bond acceptors (Lipinski definition) is 3. The Hall–Kier alpha value is -1.84. The van der Waals surface area contributed by atoms with Crippen LogP contribution < -0.4 is 4.74 Å². The molecule has 0 spiro atoms. The van der Waals surface area contributed by atoms with Gasteiger partial charge in [-0.3, -0.25) is 9.59 Å². The van der Waals surface area contributed by atoms with Crippen LogP contribution in [-0.4, -0.2) is 23.0 Å². The van der Waals surface area contributed by atoms with Crippen molar-refractivity contribution >= 4 is 12.3 Å². The molecule has 0 saturated heterocycles. The van der Waals surface area contributed by atoms with Gasteiger partial charge in [-0.15, -0.1) is 0 Å². The molecule has 0 atom stereocenters. The zero-order valence-electron chi connectivity index (χ0n) is 10.7. The Bertz CT molecular complexity index is 406. The van der Waals surface area contributed by atoms with Crippen molar-refractivity contribution in [3.63, 3.8) is 0 Å². The van der Waals surface area contributed by atoms with Crippen molar-refractivity contribution in [3.05, 3.63) is 29.8 Å². The molecule has 0 radical (unpaired) electrons.